The van der Waals surface area contributed by atoms with E-state index in [0.717, 1.165) is 21.2 Å². The molecule has 5 heteroatoms. The molecule has 0 radical (unpaired) electrons. The van der Waals surface area contributed by atoms with E-state index in [1.165, 1.54) is 0 Å². The lowest BCUT2D eigenvalue weighted by Gasteiger charge is -2.11. The summed E-state index contributed by atoms with van der Waals surface area (Å²) in [5, 5.41) is 3.90. The van der Waals surface area contributed by atoms with Crippen LogP contribution in [0, 0.1) is 13.8 Å². The van der Waals surface area contributed by atoms with Crippen molar-refractivity contribution in [1.82, 2.24) is 5.43 Å². The van der Waals surface area contributed by atoms with Crippen LogP contribution < -0.4 is 10.2 Å². The summed E-state index contributed by atoms with van der Waals surface area (Å²) in [6.45, 7) is 3.86. The van der Waals surface area contributed by atoms with Crippen molar-refractivity contribution in [3.63, 3.8) is 0 Å². The van der Waals surface area contributed by atoms with Crippen molar-refractivity contribution in [3.8, 4) is 5.75 Å². The summed E-state index contributed by atoms with van der Waals surface area (Å²) in [4.78, 5) is 11.7. The summed E-state index contributed by atoms with van der Waals surface area (Å²) in [6.07, 6.45) is 1.59. The van der Waals surface area contributed by atoms with Crippen LogP contribution in [0.1, 0.15) is 16.7 Å². The van der Waals surface area contributed by atoms with Crippen LogP contribution in [0.25, 0.3) is 0 Å². The Labute approximate surface area is 138 Å². The predicted molar refractivity (Wildman–Crippen MR) is 91.3 cm³/mol. The Morgan fingerprint density at radius 3 is 2.68 bits per heavy atom. The van der Waals surface area contributed by atoms with E-state index in [0.29, 0.717) is 5.75 Å². The molecule has 0 aliphatic heterocycles. The molecular formula is C17H17BrN2O2. The highest BCUT2D eigenvalue weighted by Crippen LogP contribution is 2.29. The van der Waals surface area contributed by atoms with E-state index < -0.39 is 0 Å². The Bertz CT molecular complexity index is 661. The van der Waals surface area contributed by atoms with Crippen molar-refractivity contribution >= 4 is 28.1 Å². The van der Waals surface area contributed by atoms with Gasteiger partial charge in [-0.1, -0.05) is 36.4 Å². The monoisotopic (exact) mass is 360 g/mol. The standard InChI is InChI=1S/C17H17BrN2O2/c1-12-8-13(2)17(15(18)9-12)22-11-16(21)20-19-10-14-6-4-3-5-7-14/h3-10H,11H2,1-2H3,(H,20,21). The zero-order valence-electron chi connectivity index (χ0n) is 12.5. The van der Waals surface area contributed by atoms with Crippen molar-refractivity contribution in [2.75, 3.05) is 6.61 Å². The number of benzene rings is 2. The molecule has 1 N–H and O–H groups in total. The number of nitrogens with one attached hydrogen (secondary N) is 1. The van der Waals surface area contributed by atoms with Crippen LogP contribution in [-0.2, 0) is 4.79 Å². The Balaban J connectivity index is 1.87. The van der Waals surface area contributed by atoms with Crippen molar-refractivity contribution in [2.45, 2.75) is 13.8 Å². The molecule has 2 rings (SSSR count). The first kappa shape index (κ1) is 16.2. The van der Waals surface area contributed by atoms with Gasteiger partial charge in [-0.2, -0.15) is 5.10 Å². The fourth-order valence-electron chi connectivity index (χ4n) is 1.97. The number of hydrogen-bond acceptors (Lipinski definition) is 3. The van der Waals surface area contributed by atoms with Crippen LogP contribution in [0.2, 0.25) is 0 Å². The molecular weight excluding hydrogens is 344 g/mol. The molecule has 0 aliphatic rings. The average Bonchev–Trinajstić information content (AvgIpc) is 2.47. The first-order valence-electron chi connectivity index (χ1n) is 6.83. The van der Waals surface area contributed by atoms with E-state index in [-0.39, 0.29) is 12.5 Å². The van der Waals surface area contributed by atoms with Gasteiger partial charge in [0.05, 0.1) is 10.7 Å². The number of aryl methyl sites for hydroxylation is 2. The Hall–Kier alpha value is -2.14. The van der Waals surface area contributed by atoms with Gasteiger partial charge in [-0.25, -0.2) is 5.43 Å². The third-order valence-corrected chi connectivity index (χ3v) is 3.51. The van der Waals surface area contributed by atoms with Crippen LogP contribution in [0.4, 0.5) is 0 Å². The van der Waals surface area contributed by atoms with E-state index >= 15 is 0 Å². The molecule has 0 saturated heterocycles. The first-order chi connectivity index (χ1) is 10.6. The van der Waals surface area contributed by atoms with E-state index in [9.17, 15) is 4.79 Å². The summed E-state index contributed by atoms with van der Waals surface area (Å²) in [5.74, 6) is 0.367. The molecule has 114 valence electrons. The summed E-state index contributed by atoms with van der Waals surface area (Å²) in [7, 11) is 0. The first-order valence-corrected chi connectivity index (χ1v) is 7.62. The van der Waals surface area contributed by atoms with Crippen LogP contribution in [-0.4, -0.2) is 18.7 Å². The Morgan fingerprint density at radius 2 is 2.00 bits per heavy atom. The van der Waals surface area contributed by atoms with Gasteiger partial charge in [0.1, 0.15) is 5.75 Å². The highest BCUT2D eigenvalue weighted by atomic mass is 79.9. The zero-order chi connectivity index (χ0) is 15.9. The summed E-state index contributed by atoms with van der Waals surface area (Å²) in [6, 6.07) is 13.5. The lowest BCUT2D eigenvalue weighted by atomic mass is 10.1. The van der Waals surface area contributed by atoms with Gasteiger partial charge in [0.25, 0.3) is 5.91 Å². The molecule has 0 bridgehead atoms. The lowest BCUT2D eigenvalue weighted by Crippen LogP contribution is -2.24. The molecule has 0 spiro atoms. The number of hydrazone groups is 1. The maximum absolute atomic E-state index is 11.7. The summed E-state index contributed by atoms with van der Waals surface area (Å²) >= 11 is 3.44. The van der Waals surface area contributed by atoms with Gasteiger partial charge in [0, 0.05) is 0 Å². The number of ether oxygens (including phenoxy) is 1. The normalized spacial score (nSPS) is 10.7. The molecule has 2 aromatic carbocycles. The minimum absolute atomic E-state index is 0.0887. The fraction of sp³-hybridized carbons (Fsp3) is 0.176. The predicted octanol–water partition coefficient (Wildman–Crippen LogP) is 3.60. The molecule has 2 aromatic rings. The second-order valence-corrected chi connectivity index (χ2v) is 5.74. The van der Waals surface area contributed by atoms with E-state index in [2.05, 4.69) is 26.5 Å². The fourth-order valence-corrected chi connectivity index (χ4v) is 2.76. The molecule has 0 aliphatic carbocycles. The zero-order valence-corrected chi connectivity index (χ0v) is 14.1. The van der Waals surface area contributed by atoms with Crippen LogP contribution in [0.5, 0.6) is 5.75 Å². The van der Waals surface area contributed by atoms with Crippen molar-refractivity contribution < 1.29 is 9.53 Å². The molecule has 0 saturated carbocycles. The van der Waals surface area contributed by atoms with Gasteiger partial charge in [-0.3, -0.25) is 4.79 Å². The second kappa shape index (κ2) is 7.75. The molecule has 0 heterocycles. The maximum atomic E-state index is 11.7. The van der Waals surface area contributed by atoms with Crippen LogP contribution in [0.15, 0.2) is 52.0 Å². The SMILES string of the molecule is Cc1cc(C)c(OCC(=O)NN=Cc2ccccc2)c(Br)c1. The molecule has 0 fully saturated rings. The lowest BCUT2D eigenvalue weighted by molar-refractivity contribution is -0.123. The minimum atomic E-state index is -0.306. The number of hydrogen-bond donors (Lipinski definition) is 1. The molecule has 22 heavy (non-hydrogen) atoms. The molecule has 0 atom stereocenters. The highest BCUT2D eigenvalue weighted by molar-refractivity contribution is 9.10. The molecule has 4 nitrogen and oxygen atoms in total. The molecule has 0 aromatic heterocycles. The van der Waals surface area contributed by atoms with Gasteiger partial charge < -0.3 is 4.74 Å². The van der Waals surface area contributed by atoms with E-state index in [4.69, 9.17) is 4.74 Å². The van der Waals surface area contributed by atoms with Crippen LogP contribution >= 0.6 is 15.9 Å². The largest absolute Gasteiger partial charge is 0.482 e. The van der Waals surface area contributed by atoms with Gasteiger partial charge in [0.2, 0.25) is 0 Å². The van der Waals surface area contributed by atoms with Gasteiger partial charge in [-0.15, -0.1) is 0 Å². The smallest absolute Gasteiger partial charge is 0.277 e. The third kappa shape index (κ3) is 4.70. The number of carbonyl (C=O) groups is 1. The quantitative estimate of drug-likeness (QED) is 0.654. The topological polar surface area (TPSA) is 50.7 Å². The van der Waals surface area contributed by atoms with Gasteiger partial charge >= 0.3 is 0 Å². The number of halogens is 1. The van der Waals surface area contributed by atoms with Crippen molar-refractivity contribution in [2.24, 2.45) is 5.10 Å². The molecule has 1 amide bonds. The third-order valence-electron chi connectivity index (χ3n) is 2.92. The van der Waals surface area contributed by atoms with Crippen molar-refractivity contribution in [3.05, 3.63) is 63.6 Å². The summed E-state index contributed by atoms with van der Waals surface area (Å²) < 4.78 is 6.39. The maximum Gasteiger partial charge on any atom is 0.277 e. The number of nitrogens with zero attached hydrogens (tertiary/aromatic N) is 1. The van der Waals surface area contributed by atoms with E-state index in [1.54, 1.807) is 6.21 Å². The van der Waals surface area contributed by atoms with Gasteiger partial charge in [0.15, 0.2) is 6.61 Å². The van der Waals surface area contributed by atoms with E-state index in [1.807, 2.05) is 56.3 Å². The molecule has 0 unspecified atom stereocenters. The average molecular weight is 361 g/mol. The summed E-state index contributed by atoms with van der Waals surface area (Å²) in [5.41, 5.74) is 5.47. The number of rotatable bonds is 5. The van der Waals surface area contributed by atoms with Crippen molar-refractivity contribution in [1.29, 1.82) is 0 Å². The second-order valence-electron chi connectivity index (χ2n) is 4.89. The van der Waals surface area contributed by atoms with Gasteiger partial charge in [-0.05, 0) is 52.5 Å². The van der Waals surface area contributed by atoms with Crippen LogP contribution in [0.3, 0.4) is 0 Å². The number of amides is 1. The Morgan fingerprint density at radius 1 is 1.27 bits per heavy atom. The Kier molecular flexibility index (Phi) is 5.72. The minimum Gasteiger partial charge on any atom is -0.482 e. The highest BCUT2D eigenvalue weighted by Gasteiger charge is 2.08. The number of carbonyl (C=O) groups excluding carboxylic acids is 1.